The molecule has 0 bridgehead atoms. The Morgan fingerprint density at radius 3 is 2.68 bits per heavy atom. The highest BCUT2D eigenvalue weighted by atomic mass is 32.2. The summed E-state index contributed by atoms with van der Waals surface area (Å²) in [6.45, 7) is 1.90. The molecule has 0 saturated carbocycles. The van der Waals surface area contributed by atoms with E-state index in [1.54, 1.807) is 35.2 Å². The van der Waals surface area contributed by atoms with Crippen molar-refractivity contribution >= 4 is 21.4 Å². The number of fused-ring (bicyclic) bond motifs is 1. The van der Waals surface area contributed by atoms with Gasteiger partial charge in [-0.3, -0.25) is 4.90 Å². The van der Waals surface area contributed by atoms with Crippen molar-refractivity contribution in [2.24, 2.45) is 0 Å². The molecule has 3 heterocycles. The van der Waals surface area contributed by atoms with Gasteiger partial charge in [0.15, 0.2) is 21.7 Å². The molecule has 8 heteroatoms. The number of rotatable bonds is 3. The number of benzene rings is 1. The molecule has 7 nitrogen and oxygen atoms in total. The molecule has 0 aliphatic carbocycles. The van der Waals surface area contributed by atoms with Gasteiger partial charge < -0.3 is 4.74 Å². The van der Waals surface area contributed by atoms with Crippen LogP contribution in [0.2, 0.25) is 0 Å². The van der Waals surface area contributed by atoms with Gasteiger partial charge in [-0.25, -0.2) is 12.9 Å². The Labute approximate surface area is 145 Å². The van der Waals surface area contributed by atoms with Crippen molar-refractivity contribution < 1.29 is 13.2 Å². The van der Waals surface area contributed by atoms with Crippen molar-refractivity contribution in [1.82, 2.24) is 14.6 Å². The second-order valence-corrected chi connectivity index (χ2v) is 7.84. The molecule has 0 radical (unpaired) electrons. The molecule has 25 heavy (non-hydrogen) atoms. The fraction of sp³-hybridized carbons (Fsp3) is 0.176. The van der Waals surface area contributed by atoms with E-state index in [9.17, 15) is 8.42 Å². The number of sulfone groups is 1. The third-order valence-corrected chi connectivity index (χ3v) is 5.14. The quantitative estimate of drug-likeness (QED) is 0.717. The molecule has 1 aliphatic heterocycles. The summed E-state index contributed by atoms with van der Waals surface area (Å²) < 4.78 is 30.7. The Kier molecular flexibility index (Phi) is 3.50. The summed E-state index contributed by atoms with van der Waals surface area (Å²) in [6, 6.07) is 12.4. The van der Waals surface area contributed by atoms with E-state index in [0.29, 0.717) is 11.6 Å². The highest BCUT2D eigenvalue weighted by Crippen LogP contribution is 2.25. The average molecular weight is 356 g/mol. The summed E-state index contributed by atoms with van der Waals surface area (Å²) in [7, 11) is -3.28. The van der Waals surface area contributed by atoms with Crippen LogP contribution >= 0.6 is 0 Å². The van der Waals surface area contributed by atoms with Crippen LogP contribution in [0, 0.1) is 0 Å². The lowest BCUT2D eigenvalue weighted by Gasteiger charge is -2.15. The second-order valence-electron chi connectivity index (χ2n) is 5.82. The second kappa shape index (κ2) is 5.59. The number of ether oxygens (including phenoxy) is 1. The van der Waals surface area contributed by atoms with Gasteiger partial charge in [-0.2, -0.15) is 4.98 Å². The number of nitrogens with zero attached hydrogens (tertiary/aromatic N) is 4. The van der Waals surface area contributed by atoms with E-state index >= 15 is 0 Å². The molecular formula is C17H16N4O3S. The molecule has 1 aliphatic rings. The van der Waals surface area contributed by atoms with Crippen LogP contribution in [0.25, 0.3) is 16.9 Å². The molecule has 128 valence electrons. The molecule has 0 amide bonds. The van der Waals surface area contributed by atoms with Gasteiger partial charge in [0.1, 0.15) is 6.26 Å². The standard InChI is InChI=1S/C17H16N4O3S/c1-12-20(9-10-24-12)17-18-16-8-4-7-15(21(16)19-17)13-5-3-6-14(11-13)25(2,22)23/h3-12H,1-2H3. The zero-order chi connectivity index (χ0) is 17.6. The third-order valence-electron chi connectivity index (χ3n) is 4.03. The maximum Gasteiger partial charge on any atom is 0.252 e. The molecule has 1 atom stereocenters. The molecule has 3 aromatic rings. The highest BCUT2D eigenvalue weighted by molar-refractivity contribution is 7.90. The van der Waals surface area contributed by atoms with Crippen LogP contribution in [0.3, 0.4) is 0 Å². The lowest BCUT2D eigenvalue weighted by Crippen LogP contribution is -2.25. The normalized spacial score (nSPS) is 17.2. The monoisotopic (exact) mass is 356 g/mol. The number of aromatic nitrogens is 3. The number of hydrogen-bond acceptors (Lipinski definition) is 6. The van der Waals surface area contributed by atoms with Gasteiger partial charge in [0.25, 0.3) is 5.95 Å². The van der Waals surface area contributed by atoms with Gasteiger partial charge >= 0.3 is 0 Å². The molecule has 0 N–H and O–H groups in total. The Bertz CT molecular complexity index is 1090. The number of anilines is 1. The van der Waals surface area contributed by atoms with Crippen LogP contribution in [0.15, 0.2) is 59.8 Å². The molecular weight excluding hydrogens is 340 g/mol. The minimum absolute atomic E-state index is 0.172. The number of pyridine rings is 1. The summed E-state index contributed by atoms with van der Waals surface area (Å²) in [5.41, 5.74) is 2.19. The highest BCUT2D eigenvalue weighted by Gasteiger charge is 2.22. The van der Waals surface area contributed by atoms with Crippen LogP contribution < -0.4 is 4.90 Å². The van der Waals surface area contributed by atoms with E-state index in [4.69, 9.17) is 4.74 Å². The Balaban J connectivity index is 1.86. The van der Waals surface area contributed by atoms with Gasteiger partial charge in [0.2, 0.25) is 0 Å². The summed E-state index contributed by atoms with van der Waals surface area (Å²) in [5.74, 6) is 0.521. The first-order valence-electron chi connectivity index (χ1n) is 7.70. The molecule has 1 unspecified atom stereocenters. The topological polar surface area (TPSA) is 76.8 Å². The van der Waals surface area contributed by atoms with Crippen LogP contribution in [0.1, 0.15) is 6.92 Å². The van der Waals surface area contributed by atoms with Crippen molar-refractivity contribution in [2.75, 3.05) is 11.2 Å². The molecule has 0 fully saturated rings. The smallest absolute Gasteiger partial charge is 0.252 e. The van der Waals surface area contributed by atoms with E-state index in [1.165, 1.54) is 6.26 Å². The third kappa shape index (κ3) is 2.74. The predicted molar refractivity (Wildman–Crippen MR) is 93.7 cm³/mol. The zero-order valence-electron chi connectivity index (χ0n) is 13.7. The minimum atomic E-state index is -3.28. The summed E-state index contributed by atoms with van der Waals surface area (Å²) in [5, 5.41) is 4.56. The zero-order valence-corrected chi connectivity index (χ0v) is 14.5. The lowest BCUT2D eigenvalue weighted by molar-refractivity contribution is 0.189. The molecule has 2 aromatic heterocycles. The van der Waals surface area contributed by atoms with Crippen LogP contribution in [0.4, 0.5) is 5.95 Å². The Morgan fingerprint density at radius 1 is 1.16 bits per heavy atom. The first-order valence-corrected chi connectivity index (χ1v) is 9.59. The Hall–Kier alpha value is -2.87. The van der Waals surface area contributed by atoms with Gasteiger partial charge in [-0.1, -0.05) is 18.2 Å². The van der Waals surface area contributed by atoms with E-state index in [1.807, 2.05) is 36.1 Å². The van der Waals surface area contributed by atoms with Gasteiger partial charge in [-0.15, -0.1) is 5.10 Å². The summed E-state index contributed by atoms with van der Waals surface area (Å²) in [6.07, 6.45) is 4.41. The molecule has 4 rings (SSSR count). The van der Waals surface area contributed by atoms with E-state index in [2.05, 4.69) is 10.1 Å². The first-order chi connectivity index (χ1) is 11.9. The van der Waals surface area contributed by atoms with Crippen molar-refractivity contribution in [3.05, 3.63) is 54.9 Å². The van der Waals surface area contributed by atoms with Gasteiger partial charge in [-0.05, 0) is 31.2 Å². The van der Waals surface area contributed by atoms with Gasteiger partial charge in [0, 0.05) is 18.0 Å². The van der Waals surface area contributed by atoms with E-state index < -0.39 is 9.84 Å². The molecule has 0 saturated heterocycles. The Morgan fingerprint density at radius 2 is 1.96 bits per heavy atom. The number of hydrogen-bond donors (Lipinski definition) is 0. The maximum absolute atomic E-state index is 11.8. The SMILES string of the molecule is CC1OC=CN1c1nc2cccc(-c3cccc(S(C)(=O)=O)c3)n2n1. The van der Waals surface area contributed by atoms with Crippen LogP contribution in [-0.4, -0.2) is 35.5 Å². The van der Waals surface area contributed by atoms with Gasteiger partial charge in [0.05, 0.1) is 10.6 Å². The first kappa shape index (κ1) is 15.6. The fourth-order valence-electron chi connectivity index (χ4n) is 2.74. The molecule has 1 aromatic carbocycles. The van der Waals surface area contributed by atoms with Crippen molar-refractivity contribution in [3.63, 3.8) is 0 Å². The van der Waals surface area contributed by atoms with Crippen LogP contribution in [-0.2, 0) is 14.6 Å². The predicted octanol–water partition coefficient (Wildman–Crippen LogP) is 2.45. The molecule has 0 spiro atoms. The van der Waals surface area contributed by atoms with Crippen molar-refractivity contribution in [2.45, 2.75) is 18.0 Å². The lowest BCUT2D eigenvalue weighted by atomic mass is 10.1. The van der Waals surface area contributed by atoms with E-state index in [0.717, 1.165) is 11.3 Å². The minimum Gasteiger partial charge on any atom is -0.476 e. The summed E-state index contributed by atoms with van der Waals surface area (Å²) >= 11 is 0. The fourth-order valence-corrected chi connectivity index (χ4v) is 3.41. The van der Waals surface area contributed by atoms with Crippen LogP contribution in [0.5, 0.6) is 0 Å². The summed E-state index contributed by atoms with van der Waals surface area (Å²) in [4.78, 5) is 6.62. The van der Waals surface area contributed by atoms with E-state index in [-0.39, 0.29) is 11.1 Å². The van der Waals surface area contributed by atoms with Crippen molar-refractivity contribution in [3.8, 4) is 11.3 Å². The maximum atomic E-state index is 11.8. The van der Waals surface area contributed by atoms with Crippen molar-refractivity contribution in [1.29, 1.82) is 0 Å². The average Bonchev–Trinajstić information content (AvgIpc) is 3.19. The largest absolute Gasteiger partial charge is 0.476 e.